The molecule has 1 aliphatic heterocycles. The number of halogens is 2. The van der Waals surface area contributed by atoms with E-state index < -0.39 is 11.6 Å². The maximum atomic E-state index is 13.0. The number of hydrogen-bond donors (Lipinski definition) is 0. The van der Waals surface area contributed by atoms with Crippen molar-refractivity contribution in [3.8, 4) is 5.75 Å². The van der Waals surface area contributed by atoms with Gasteiger partial charge >= 0.3 is 0 Å². The summed E-state index contributed by atoms with van der Waals surface area (Å²) in [5, 5.41) is 0.0600. The Bertz CT molecular complexity index is 413. The van der Waals surface area contributed by atoms with E-state index in [9.17, 15) is 4.39 Å². The van der Waals surface area contributed by atoms with Gasteiger partial charge in [-0.3, -0.25) is 0 Å². The minimum atomic E-state index is -0.518. The van der Waals surface area contributed by atoms with Crippen LogP contribution in [0.3, 0.4) is 0 Å². The molecule has 0 aliphatic carbocycles. The van der Waals surface area contributed by atoms with Crippen LogP contribution in [0, 0.1) is 11.7 Å². The minimum Gasteiger partial charge on any atom is -0.493 e. The number of ether oxygens (including phenoxy) is 3. The van der Waals surface area contributed by atoms with Crippen LogP contribution < -0.4 is 4.74 Å². The molecule has 0 unspecified atom stereocenters. The van der Waals surface area contributed by atoms with Gasteiger partial charge in [0.15, 0.2) is 5.79 Å². The van der Waals surface area contributed by atoms with Crippen LogP contribution in [-0.2, 0) is 9.47 Å². The molecule has 2 rings (SSSR count). The Morgan fingerprint density at radius 3 is 2.67 bits per heavy atom. The lowest BCUT2D eigenvalue weighted by Crippen LogP contribution is -2.41. The number of hydrogen-bond acceptors (Lipinski definition) is 3. The number of rotatable bonds is 3. The van der Waals surface area contributed by atoms with E-state index >= 15 is 0 Å². The molecule has 3 nitrogen and oxygen atoms in total. The standard InChI is InChI=1S/C13H16ClFO3/c1-13(2)17-7-9(8-18-13)6-16-10-3-4-12(15)11(14)5-10/h3-5,9H,6-8H2,1-2H3. The van der Waals surface area contributed by atoms with Gasteiger partial charge in [-0.1, -0.05) is 11.6 Å². The van der Waals surface area contributed by atoms with Crippen LogP contribution in [0.25, 0.3) is 0 Å². The van der Waals surface area contributed by atoms with E-state index in [1.165, 1.54) is 12.1 Å². The quantitative estimate of drug-likeness (QED) is 0.847. The van der Waals surface area contributed by atoms with Gasteiger partial charge in [0.05, 0.1) is 24.8 Å². The van der Waals surface area contributed by atoms with Crippen LogP contribution in [0.15, 0.2) is 18.2 Å². The molecule has 1 heterocycles. The molecule has 0 atom stereocenters. The molecule has 0 spiro atoms. The molecule has 0 saturated carbocycles. The van der Waals surface area contributed by atoms with Gasteiger partial charge < -0.3 is 14.2 Å². The lowest BCUT2D eigenvalue weighted by atomic mass is 10.1. The Kier molecular flexibility index (Phi) is 4.10. The highest BCUT2D eigenvalue weighted by Crippen LogP contribution is 2.24. The summed E-state index contributed by atoms with van der Waals surface area (Å²) in [4.78, 5) is 0. The minimum absolute atomic E-state index is 0.0600. The average Bonchev–Trinajstić information content (AvgIpc) is 2.32. The molecule has 18 heavy (non-hydrogen) atoms. The van der Waals surface area contributed by atoms with Gasteiger partial charge in [0, 0.05) is 12.0 Å². The summed E-state index contributed by atoms with van der Waals surface area (Å²) < 4.78 is 29.5. The Labute approximate surface area is 111 Å². The summed E-state index contributed by atoms with van der Waals surface area (Å²) >= 11 is 5.67. The molecule has 1 saturated heterocycles. The maximum absolute atomic E-state index is 13.0. The van der Waals surface area contributed by atoms with Crippen molar-refractivity contribution in [2.45, 2.75) is 19.6 Å². The Morgan fingerprint density at radius 1 is 1.39 bits per heavy atom. The molecule has 0 radical (unpaired) electrons. The zero-order valence-electron chi connectivity index (χ0n) is 10.4. The van der Waals surface area contributed by atoms with Crippen LogP contribution in [0.2, 0.25) is 5.02 Å². The van der Waals surface area contributed by atoms with Crippen molar-refractivity contribution < 1.29 is 18.6 Å². The van der Waals surface area contributed by atoms with Gasteiger partial charge in [-0.15, -0.1) is 0 Å². The summed E-state index contributed by atoms with van der Waals surface area (Å²) in [6.45, 7) is 5.38. The van der Waals surface area contributed by atoms with Crippen molar-refractivity contribution in [1.82, 2.24) is 0 Å². The first-order valence-corrected chi connectivity index (χ1v) is 6.20. The van der Waals surface area contributed by atoms with Crippen molar-refractivity contribution in [2.75, 3.05) is 19.8 Å². The zero-order valence-corrected chi connectivity index (χ0v) is 11.2. The number of benzene rings is 1. The van der Waals surface area contributed by atoms with Crippen molar-refractivity contribution in [2.24, 2.45) is 5.92 Å². The first-order chi connectivity index (χ1) is 8.46. The highest BCUT2D eigenvalue weighted by atomic mass is 35.5. The maximum Gasteiger partial charge on any atom is 0.162 e. The second-order valence-electron chi connectivity index (χ2n) is 4.77. The molecule has 100 valence electrons. The lowest BCUT2D eigenvalue weighted by molar-refractivity contribution is -0.264. The van der Waals surface area contributed by atoms with Crippen molar-refractivity contribution in [3.63, 3.8) is 0 Å². The van der Waals surface area contributed by atoms with Crippen LogP contribution >= 0.6 is 11.6 Å². The SMILES string of the molecule is CC1(C)OCC(COc2ccc(F)c(Cl)c2)CO1. The third-order valence-electron chi connectivity index (χ3n) is 2.71. The van der Waals surface area contributed by atoms with Gasteiger partial charge in [-0.2, -0.15) is 0 Å². The van der Waals surface area contributed by atoms with Crippen LogP contribution in [0.1, 0.15) is 13.8 Å². The Morgan fingerprint density at radius 2 is 2.06 bits per heavy atom. The van der Waals surface area contributed by atoms with Crippen molar-refractivity contribution in [1.29, 1.82) is 0 Å². The second kappa shape index (κ2) is 5.43. The first-order valence-electron chi connectivity index (χ1n) is 5.82. The van der Waals surface area contributed by atoms with E-state index in [1.807, 2.05) is 13.8 Å². The second-order valence-corrected chi connectivity index (χ2v) is 5.18. The van der Waals surface area contributed by atoms with Gasteiger partial charge in [0.25, 0.3) is 0 Å². The summed E-state index contributed by atoms with van der Waals surface area (Å²) in [5.41, 5.74) is 0. The third kappa shape index (κ3) is 3.57. The van der Waals surface area contributed by atoms with Crippen LogP contribution in [0.4, 0.5) is 4.39 Å². The monoisotopic (exact) mass is 274 g/mol. The largest absolute Gasteiger partial charge is 0.493 e. The van der Waals surface area contributed by atoms with E-state index in [0.717, 1.165) is 0 Å². The highest BCUT2D eigenvalue weighted by Gasteiger charge is 2.28. The lowest BCUT2D eigenvalue weighted by Gasteiger charge is -2.34. The van der Waals surface area contributed by atoms with Crippen molar-refractivity contribution in [3.05, 3.63) is 29.0 Å². The van der Waals surface area contributed by atoms with E-state index in [0.29, 0.717) is 25.6 Å². The molecule has 0 aromatic heterocycles. The molecule has 0 amide bonds. The first kappa shape index (κ1) is 13.6. The van der Waals surface area contributed by atoms with E-state index in [1.54, 1.807) is 6.07 Å². The third-order valence-corrected chi connectivity index (χ3v) is 3.00. The van der Waals surface area contributed by atoms with E-state index in [-0.39, 0.29) is 10.9 Å². The molecule has 0 bridgehead atoms. The molecule has 0 N–H and O–H groups in total. The smallest absolute Gasteiger partial charge is 0.162 e. The molecular weight excluding hydrogens is 259 g/mol. The van der Waals surface area contributed by atoms with Gasteiger partial charge in [0.1, 0.15) is 11.6 Å². The fraction of sp³-hybridized carbons (Fsp3) is 0.538. The molecular formula is C13H16ClFO3. The zero-order chi connectivity index (χ0) is 13.2. The van der Waals surface area contributed by atoms with E-state index in [2.05, 4.69) is 0 Å². The molecule has 1 aliphatic rings. The summed E-state index contributed by atoms with van der Waals surface area (Å²) in [6.07, 6.45) is 0. The predicted octanol–water partition coefficient (Wildman–Crippen LogP) is 3.26. The highest BCUT2D eigenvalue weighted by molar-refractivity contribution is 6.30. The summed E-state index contributed by atoms with van der Waals surface area (Å²) in [7, 11) is 0. The summed E-state index contributed by atoms with van der Waals surface area (Å²) in [5.74, 6) is -0.251. The topological polar surface area (TPSA) is 27.7 Å². The average molecular weight is 275 g/mol. The van der Waals surface area contributed by atoms with Crippen molar-refractivity contribution >= 4 is 11.6 Å². The normalized spacial score (nSPS) is 19.8. The summed E-state index contributed by atoms with van der Waals surface area (Å²) in [6, 6.07) is 4.30. The van der Waals surface area contributed by atoms with Gasteiger partial charge in [-0.05, 0) is 26.0 Å². The fourth-order valence-electron chi connectivity index (χ4n) is 1.60. The molecule has 1 fully saturated rings. The molecule has 5 heteroatoms. The Balaban J connectivity index is 1.83. The molecule has 1 aromatic rings. The van der Waals surface area contributed by atoms with Crippen LogP contribution in [-0.4, -0.2) is 25.6 Å². The predicted molar refractivity (Wildman–Crippen MR) is 66.4 cm³/mol. The Hall–Kier alpha value is -0.840. The van der Waals surface area contributed by atoms with Gasteiger partial charge in [-0.25, -0.2) is 4.39 Å². The molecule has 1 aromatic carbocycles. The van der Waals surface area contributed by atoms with E-state index in [4.69, 9.17) is 25.8 Å². The van der Waals surface area contributed by atoms with Crippen LogP contribution in [0.5, 0.6) is 5.75 Å². The fourth-order valence-corrected chi connectivity index (χ4v) is 1.77. The van der Waals surface area contributed by atoms with Gasteiger partial charge in [0.2, 0.25) is 0 Å².